The Kier molecular flexibility index (Phi) is 5.87. The fourth-order valence-corrected chi connectivity index (χ4v) is 2.37. The lowest BCUT2D eigenvalue weighted by atomic mass is 9.76. The van der Waals surface area contributed by atoms with Crippen molar-refractivity contribution in [3.05, 3.63) is 6.42 Å². The highest BCUT2D eigenvalue weighted by Gasteiger charge is 2.44. The molecule has 4 N–H and O–H groups in total. The molecule has 1 aliphatic heterocycles. The van der Waals surface area contributed by atoms with Crippen molar-refractivity contribution in [2.75, 3.05) is 13.7 Å². The standard InChI is InChI=1S/C15H24N3O5/c1-8(13(16)21)15(2,3)6-5-10(20)18(4)11-9(19)7-23-12(11)14(17)22/h5,8,11-12H,6-7H2,1-4H3,(H2,16,21)(H2,17,22). The summed E-state index contributed by atoms with van der Waals surface area (Å²) >= 11 is 0. The van der Waals surface area contributed by atoms with Crippen molar-refractivity contribution in [1.82, 2.24) is 4.90 Å². The summed E-state index contributed by atoms with van der Waals surface area (Å²) in [5.41, 5.74) is 9.97. The molecular weight excluding hydrogens is 302 g/mol. The van der Waals surface area contributed by atoms with Gasteiger partial charge in [0.15, 0.2) is 11.9 Å². The summed E-state index contributed by atoms with van der Waals surface area (Å²) in [5, 5.41) is 0. The van der Waals surface area contributed by atoms with Crippen molar-refractivity contribution in [2.45, 2.75) is 39.3 Å². The summed E-state index contributed by atoms with van der Waals surface area (Å²) in [7, 11) is 1.41. The predicted molar refractivity (Wildman–Crippen MR) is 81.6 cm³/mol. The van der Waals surface area contributed by atoms with Crippen molar-refractivity contribution >= 4 is 23.5 Å². The van der Waals surface area contributed by atoms with Crippen LogP contribution in [-0.2, 0) is 23.9 Å². The molecule has 1 saturated heterocycles. The highest BCUT2D eigenvalue weighted by atomic mass is 16.5. The smallest absolute Gasteiger partial charge is 0.249 e. The molecule has 0 aromatic rings. The molecule has 0 aromatic carbocycles. The van der Waals surface area contributed by atoms with E-state index >= 15 is 0 Å². The number of rotatable bonds is 7. The number of Topliss-reactive ketones (excluding diaryl/α,β-unsaturated/α-hetero) is 1. The summed E-state index contributed by atoms with van der Waals surface area (Å²) in [5.74, 6) is -2.47. The van der Waals surface area contributed by atoms with Gasteiger partial charge in [-0.25, -0.2) is 0 Å². The highest BCUT2D eigenvalue weighted by molar-refractivity contribution is 5.99. The number of nitrogens with two attached hydrogens (primary N) is 2. The molecule has 129 valence electrons. The van der Waals surface area contributed by atoms with Crippen molar-refractivity contribution in [3.8, 4) is 0 Å². The minimum Gasteiger partial charge on any atom is -0.369 e. The van der Waals surface area contributed by atoms with Crippen LogP contribution in [0.25, 0.3) is 0 Å². The second-order valence-electron chi connectivity index (χ2n) is 6.52. The molecule has 3 atom stereocenters. The Morgan fingerprint density at radius 3 is 2.43 bits per heavy atom. The highest BCUT2D eigenvalue weighted by Crippen LogP contribution is 2.31. The second kappa shape index (κ2) is 7.08. The average Bonchev–Trinajstić information content (AvgIpc) is 2.84. The van der Waals surface area contributed by atoms with Gasteiger partial charge in [0.2, 0.25) is 17.7 Å². The normalized spacial score (nSPS) is 22.7. The summed E-state index contributed by atoms with van der Waals surface area (Å²) in [6.45, 7) is 5.09. The fraction of sp³-hybridized carbons (Fsp3) is 0.667. The lowest BCUT2D eigenvalue weighted by molar-refractivity contribution is -0.138. The Morgan fingerprint density at radius 1 is 1.39 bits per heavy atom. The number of amides is 3. The van der Waals surface area contributed by atoms with E-state index in [9.17, 15) is 19.2 Å². The molecule has 0 spiro atoms. The van der Waals surface area contributed by atoms with Crippen LogP contribution < -0.4 is 11.5 Å². The maximum Gasteiger partial charge on any atom is 0.249 e. The summed E-state index contributed by atoms with van der Waals surface area (Å²) in [4.78, 5) is 47.9. The number of nitrogens with zero attached hydrogens (tertiary/aromatic N) is 1. The molecule has 1 heterocycles. The van der Waals surface area contributed by atoms with Gasteiger partial charge in [0.1, 0.15) is 12.6 Å². The number of carbonyl (C=O) groups is 4. The lowest BCUT2D eigenvalue weighted by Crippen LogP contribution is -2.50. The van der Waals surface area contributed by atoms with Crippen LogP contribution in [0.1, 0.15) is 27.2 Å². The Balaban J connectivity index is 2.72. The Bertz CT molecular complexity index is 517. The molecule has 0 saturated carbocycles. The molecule has 8 heteroatoms. The van der Waals surface area contributed by atoms with Crippen molar-refractivity contribution in [2.24, 2.45) is 22.8 Å². The summed E-state index contributed by atoms with van der Waals surface area (Å²) in [6.07, 6.45) is 0.536. The van der Waals surface area contributed by atoms with Crippen LogP contribution in [0.2, 0.25) is 0 Å². The zero-order valence-corrected chi connectivity index (χ0v) is 13.9. The van der Waals surface area contributed by atoms with Gasteiger partial charge in [-0.2, -0.15) is 0 Å². The molecule has 23 heavy (non-hydrogen) atoms. The molecule has 3 amide bonds. The quantitative estimate of drug-likeness (QED) is 0.619. The van der Waals surface area contributed by atoms with Crippen molar-refractivity contribution in [3.63, 3.8) is 0 Å². The van der Waals surface area contributed by atoms with Gasteiger partial charge in [-0.15, -0.1) is 0 Å². The molecular formula is C15H24N3O5. The number of hydrogen-bond acceptors (Lipinski definition) is 5. The third kappa shape index (κ3) is 4.28. The van der Waals surface area contributed by atoms with E-state index in [0.29, 0.717) is 6.42 Å². The molecule has 1 fully saturated rings. The second-order valence-corrected chi connectivity index (χ2v) is 6.52. The molecule has 1 aliphatic rings. The van der Waals surface area contributed by atoms with Crippen LogP contribution in [0.4, 0.5) is 0 Å². The molecule has 0 bridgehead atoms. The van der Waals surface area contributed by atoms with Gasteiger partial charge in [-0.05, 0) is 11.8 Å². The maximum atomic E-state index is 12.3. The van der Waals surface area contributed by atoms with E-state index in [-0.39, 0.29) is 12.4 Å². The number of hydrogen-bond donors (Lipinski definition) is 2. The van der Waals surface area contributed by atoms with Gasteiger partial charge in [-0.1, -0.05) is 20.8 Å². The Hall–Kier alpha value is -1.96. The zero-order chi connectivity index (χ0) is 17.9. The first kappa shape index (κ1) is 19.1. The van der Waals surface area contributed by atoms with Crippen LogP contribution >= 0.6 is 0 Å². The topological polar surface area (TPSA) is 133 Å². The van der Waals surface area contributed by atoms with Gasteiger partial charge in [0.05, 0.1) is 6.42 Å². The van der Waals surface area contributed by atoms with Crippen LogP contribution in [0, 0.1) is 17.8 Å². The largest absolute Gasteiger partial charge is 0.369 e. The average molecular weight is 326 g/mol. The van der Waals surface area contributed by atoms with E-state index in [1.807, 2.05) is 13.8 Å². The van der Waals surface area contributed by atoms with Crippen molar-refractivity contribution < 1.29 is 23.9 Å². The first-order chi connectivity index (χ1) is 10.5. The number of primary amides is 2. The first-order valence-electron chi connectivity index (χ1n) is 7.32. The third-order valence-corrected chi connectivity index (χ3v) is 4.47. The van der Waals surface area contributed by atoms with E-state index < -0.39 is 41.2 Å². The minimum absolute atomic E-state index is 0.250. The third-order valence-electron chi connectivity index (χ3n) is 4.47. The maximum absolute atomic E-state index is 12.3. The first-order valence-corrected chi connectivity index (χ1v) is 7.32. The van der Waals surface area contributed by atoms with E-state index in [1.165, 1.54) is 13.5 Å². The van der Waals surface area contributed by atoms with E-state index in [4.69, 9.17) is 16.2 Å². The molecule has 0 aliphatic carbocycles. The van der Waals surface area contributed by atoms with E-state index in [2.05, 4.69) is 0 Å². The monoisotopic (exact) mass is 326 g/mol. The lowest BCUT2D eigenvalue weighted by Gasteiger charge is -2.31. The summed E-state index contributed by atoms with van der Waals surface area (Å²) < 4.78 is 5.03. The van der Waals surface area contributed by atoms with Crippen LogP contribution in [-0.4, -0.2) is 54.2 Å². The van der Waals surface area contributed by atoms with Gasteiger partial charge < -0.3 is 21.1 Å². The molecule has 8 nitrogen and oxygen atoms in total. The number of ether oxygens (including phenoxy) is 1. The van der Waals surface area contributed by atoms with Gasteiger partial charge in [0, 0.05) is 13.0 Å². The summed E-state index contributed by atoms with van der Waals surface area (Å²) in [6, 6.07) is -1.02. The number of carbonyl (C=O) groups excluding carboxylic acids is 4. The van der Waals surface area contributed by atoms with Crippen LogP contribution in [0.3, 0.4) is 0 Å². The van der Waals surface area contributed by atoms with Crippen LogP contribution in [0.5, 0.6) is 0 Å². The molecule has 3 unspecified atom stereocenters. The minimum atomic E-state index is -1.14. The van der Waals surface area contributed by atoms with Crippen LogP contribution in [0.15, 0.2) is 0 Å². The Morgan fingerprint density at radius 2 is 1.96 bits per heavy atom. The molecule has 1 rings (SSSR count). The fourth-order valence-electron chi connectivity index (χ4n) is 2.37. The van der Waals surface area contributed by atoms with Crippen molar-refractivity contribution in [1.29, 1.82) is 0 Å². The van der Waals surface area contributed by atoms with E-state index in [1.54, 1.807) is 6.92 Å². The van der Waals surface area contributed by atoms with E-state index in [0.717, 1.165) is 4.90 Å². The number of ketones is 1. The van der Waals surface area contributed by atoms with Gasteiger partial charge in [-0.3, -0.25) is 19.2 Å². The zero-order valence-electron chi connectivity index (χ0n) is 13.9. The molecule has 0 aromatic heterocycles. The predicted octanol–water partition coefficient (Wildman–Crippen LogP) is -0.991. The Labute approximate surface area is 135 Å². The molecule has 1 radical (unpaired) electrons. The SMILES string of the molecule is CC(C(N)=O)C(C)(C)C[CH]C(=O)N(C)C1C(=O)COC1C(N)=O. The van der Waals surface area contributed by atoms with Gasteiger partial charge in [0.25, 0.3) is 0 Å². The van der Waals surface area contributed by atoms with Gasteiger partial charge >= 0.3 is 0 Å². The number of likely N-dealkylation sites (N-methyl/N-ethyl adjacent to an activating group) is 1.